The third-order valence-electron chi connectivity index (χ3n) is 4.17. The van der Waals surface area contributed by atoms with Crippen molar-refractivity contribution in [2.45, 2.75) is 6.42 Å². The summed E-state index contributed by atoms with van der Waals surface area (Å²) in [6.07, 6.45) is 2.70. The van der Waals surface area contributed by atoms with Gasteiger partial charge in [0.1, 0.15) is 5.82 Å². The van der Waals surface area contributed by atoms with Gasteiger partial charge in [-0.1, -0.05) is 48.5 Å². The highest BCUT2D eigenvalue weighted by molar-refractivity contribution is 5.89. The molecule has 2 aromatic carbocycles. The maximum Gasteiger partial charge on any atom is 0.226 e. The van der Waals surface area contributed by atoms with E-state index < -0.39 is 0 Å². The first kappa shape index (κ1) is 16.1. The van der Waals surface area contributed by atoms with Gasteiger partial charge in [-0.05, 0) is 24.1 Å². The molecular formula is C20H20N6. The molecule has 6 nitrogen and oxygen atoms in total. The van der Waals surface area contributed by atoms with Crippen LogP contribution in [0.1, 0.15) is 5.56 Å². The molecule has 2 aromatic heterocycles. The average Bonchev–Trinajstić information content (AvgIpc) is 3.05. The highest BCUT2D eigenvalue weighted by Crippen LogP contribution is 2.24. The van der Waals surface area contributed by atoms with E-state index in [0.29, 0.717) is 5.95 Å². The van der Waals surface area contributed by atoms with E-state index in [2.05, 4.69) is 50.0 Å². The number of benzene rings is 2. The lowest BCUT2D eigenvalue weighted by Crippen LogP contribution is -2.10. The van der Waals surface area contributed by atoms with Crippen LogP contribution in [0.5, 0.6) is 0 Å². The molecule has 0 spiro atoms. The van der Waals surface area contributed by atoms with Crippen molar-refractivity contribution in [3.05, 3.63) is 72.4 Å². The zero-order valence-electron chi connectivity index (χ0n) is 14.6. The first-order chi connectivity index (χ1) is 12.8. The highest BCUT2D eigenvalue weighted by atomic mass is 15.3. The van der Waals surface area contributed by atoms with Gasteiger partial charge in [0.2, 0.25) is 5.95 Å². The Morgan fingerprint density at radius 2 is 1.65 bits per heavy atom. The summed E-state index contributed by atoms with van der Waals surface area (Å²) in [5.41, 5.74) is 3.05. The van der Waals surface area contributed by atoms with Gasteiger partial charge in [0.15, 0.2) is 5.65 Å². The molecular weight excluding hydrogens is 324 g/mol. The number of fused-ring (bicyclic) bond motifs is 1. The monoisotopic (exact) mass is 344 g/mol. The summed E-state index contributed by atoms with van der Waals surface area (Å²) in [7, 11) is 1.88. The number of hydrogen-bond donors (Lipinski definition) is 2. The number of aryl methyl sites for hydroxylation is 1. The van der Waals surface area contributed by atoms with Crippen molar-refractivity contribution < 1.29 is 0 Å². The second kappa shape index (κ2) is 7.23. The SMILES string of the molecule is Cn1ncc2c(Nc3ccccc3)nc(NCCc3ccccc3)nc21. The quantitative estimate of drug-likeness (QED) is 0.557. The molecule has 0 amide bonds. The van der Waals surface area contributed by atoms with E-state index in [4.69, 9.17) is 0 Å². The van der Waals surface area contributed by atoms with Gasteiger partial charge >= 0.3 is 0 Å². The topological polar surface area (TPSA) is 67.7 Å². The smallest absolute Gasteiger partial charge is 0.226 e. The molecule has 0 aliphatic rings. The molecule has 0 aliphatic heterocycles. The lowest BCUT2D eigenvalue weighted by Gasteiger charge is -2.10. The van der Waals surface area contributed by atoms with E-state index in [0.717, 1.165) is 35.5 Å². The summed E-state index contributed by atoms with van der Waals surface area (Å²) in [5, 5.41) is 11.9. The van der Waals surface area contributed by atoms with Crippen LogP contribution in [0.25, 0.3) is 11.0 Å². The molecule has 0 saturated heterocycles. The van der Waals surface area contributed by atoms with Gasteiger partial charge in [-0.3, -0.25) is 4.68 Å². The van der Waals surface area contributed by atoms with Crippen molar-refractivity contribution in [1.82, 2.24) is 19.7 Å². The first-order valence-corrected chi connectivity index (χ1v) is 8.59. The van der Waals surface area contributed by atoms with Gasteiger partial charge in [0.25, 0.3) is 0 Å². The molecule has 0 radical (unpaired) electrons. The molecule has 4 rings (SSSR count). The molecule has 0 saturated carbocycles. The lowest BCUT2D eigenvalue weighted by molar-refractivity contribution is 0.785. The van der Waals surface area contributed by atoms with E-state index in [1.807, 2.05) is 43.4 Å². The fraction of sp³-hybridized carbons (Fsp3) is 0.150. The van der Waals surface area contributed by atoms with Crippen LogP contribution in [0.4, 0.5) is 17.5 Å². The number of rotatable bonds is 6. The van der Waals surface area contributed by atoms with E-state index in [9.17, 15) is 0 Å². The molecule has 0 fully saturated rings. The molecule has 130 valence electrons. The number of para-hydroxylation sites is 1. The predicted octanol–water partition coefficient (Wildman–Crippen LogP) is 3.76. The van der Waals surface area contributed by atoms with Crippen molar-refractivity contribution in [3.8, 4) is 0 Å². The number of hydrogen-bond acceptors (Lipinski definition) is 5. The van der Waals surface area contributed by atoms with Gasteiger partial charge in [-0.2, -0.15) is 15.1 Å². The normalized spacial score (nSPS) is 10.8. The standard InChI is InChI=1S/C20H20N6/c1-26-19-17(14-22-26)18(23-16-10-6-3-7-11-16)24-20(25-19)21-13-12-15-8-4-2-5-9-15/h2-11,14H,12-13H2,1H3,(H2,21,23,24,25). The third-order valence-corrected chi connectivity index (χ3v) is 4.17. The Hall–Kier alpha value is -3.41. The Labute approximate surface area is 151 Å². The van der Waals surface area contributed by atoms with Gasteiger partial charge in [-0.25, -0.2) is 0 Å². The van der Waals surface area contributed by atoms with Gasteiger partial charge in [-0.15, -0.1) is 0 Å². The van der Waals surface area contributed by atoms with Crippen LogP contribution in [-0.4, -0.2) is 26.3 Å². The summed E-state index contributed by atoms with van der Waals surface area (Å²) in [4.78, 5) is 9.26. The Bertz CT molecular complexity index is 995. The molecule has 26 heavy (non-hydrogen) atoms. The number of nitrogens with one attached hydrogen (secondary N) is 2. The van der Waals surface area contributed by atoms with Crippen molar-refractivity contribution >= 4 is 28.5 Å². The van der Waals surface area contributed by atoms with Crippen LogP contribution in [0.2, 0.25) is 0 Å². The minimum absolute atomic E-state index is 0.593. The van der Waals surface area contributed by atoms with Gasteiger partial charge in [0.05, 0.1) is 11.6 Å². The average molecular weight is 344 g/mol. The summed E-state index contributed by atoms with van der Waals surface area (Å²) in [6, 6.07) is 20.3. The third kappa shape index (κ3) is 3.49. The second-order valence-corrected chi connectivity index (χ2v) is 6.05. The van der Waals surface area contributed by atoms with Crippen molar-refractivity contribution in [2.75, 3.05) is 17.2 Å². The number of anilines is 3. The van der Waals surface area contributed by atoms with Crippen molar-refractivity contribution in [2.24, 2.45) is 7.05 Å². The Morgan fingerprint density at radius 1 is 0.923 bits per heavy atom. The maximum absolute atomic E-state index is 4.65. The van der Waals surface area contributed by atoms with E-state index in [1.54, 1.807) is 10.9 Å². The van der Waals surface area contributed by atoms with Crippen molar-refractivity contribution in [1.29, 1.82) is 0 Å². The molecule has 0 atom stereocenters. The van der Waals surface area contributed by atoms with Gasteiger partial charge < -0.3 is 10.6 Å². The van der Waals surface area contributed by atoms with Crippen molar-refractivity contribution in [3.63, 3.8) is 0 Å². The summed E-state index contributed by atoms with van der Waals surface area (Å²) >= 11 is 0. The van der Waals surface area contributed by atoms with E-state index >= 15 is 0 Å². The summed E-state index contributed by atoms with van der Waals surface area (Å²) in [5.74, 6) is 1.34. The summed E-state index contributed by atoms with van der Waals surface area (Å²) < 4.78 is 1.76. The Kier molecular flexibility index (Phi) is 4.47. The van der Waals surface area contributed by atoms with Crippen LogP contribution in [0.15, 0.2) is 66.9 Å². The number of nitrogens with zero attached hydrogens (tertiary/aromatic N) is 4. The second-order valence-electron chi connectivity index (χ2n) is 6.05. The Morgan fingerprint density at radius 3 is 2.42 bits per heavy atom. The largest absolute Gasteiger partial charge is 0.354 e. The van der Waals surface area contributed by atoms with E-state index in [-0.39, 0.29) is 0 Å². The molecule has 0 bridgehead atoms. The Balaban J connectivity index is 1.57. The summed E-state index contributed by atoms with van der Waals surface area (Å²) in [6.45, 7) is 0.762. The van der Waals surface area contributed by atoms with Crippen LogP contribution in [-0.2, 0) is 13.5 Å². The predicted molar refractivity (Wildman–Crippen MR) is 105 cm³/mol. The fourth-order valence-electron chi connectivity index (χ4n) is 2.82. The minimum atomic E-state index is 0.593. The van der Waals surface area contributed by atoms with Crippen LogP contribution in [0, 0.1) is 0 Å². The first-order valence-electron chi connectivity index (χ1n) is 8.59. The number of aromatic nitrogens is 4. The molecule has 2 heterocycles. The molecule has 2 N–H and O–H groups in total. The van der Waals surface area contributed by atoms with Crippen LogP contribution >= 0.6 is 0 Å². The highest BCUT2D eigenvalue weighted by Gasteiger charge is 2.11. The molecule has 4 aromatic rings. The lowest BCUT2D eigenvalue weighted by atomic mass is 10.1. The van der Waals surface area contributed by atoms with E-state index in [1.165, 1.54) is 5.56 Å². The zero-order chi connectivity index (χ0) is 17.8. The maximum atomic E-state index is 4.65. The van der Waals surface area contributed by atoms with Gasteiger partial charge in [0, 0.05) is 19.3 Å². The molecule has 0 unspecified atom stereocenters. The fourth-order valence-corrected chi connectivity index (χ4v) is 2.82. The zero-order valence-corrected chi connectivity index (χ0v) is 14.6. The molecule has 6 heteroatoms. The van der Waals surface area contributed by atoms with Crippen LogP contribution in [0.3, 0.4) is 0 Å². The minimum Gasteiger partial charge on any atom is -0.354 e. The van der Waals surface area contributed by atoms with Crippen LogP contribution < -0.4 is 10.6 Å². The molecule has 0 aliphatic carbocycles.